The second kappa shape index (κ2) is 5.97. The van der Waals surface area contributed by atoms with Crippen molar-refractivity contribution in [2.45, 2.75) is 0 Å². The molecule has 2 rings (SSSR count). The summed E-state index contributed by atoms with van der Waals surface area (Å²) in [5, 5.41) is 0.823. The molecule has 1 radical (unpaired) electrons. The molecule has 0 fully saturated rings. The topological polar surface area (TPSA) is 39.2 Å². The summed E-state index contributed by atoms with van der Waals surface area (Å²) < 4.78 is 5.00. The van der Waals surface area contributed by atoms with Crippen molar-refractivity contribution in [2.24, 2.45) is 0 Å². The molecule has 0 aliphatic carbocycles. The summed E-state index contributed by atoms with van der Waals surface area (Å²) >= 11 is 23.0. The van der Waals surface area contributed by atoms with Crippen LogP contribution >= 0.6 is 46.4 Å². The molecule has 0 atom stereocenters. The lowest BCUT2D eigenvalue weighted by atomic mass is 10.2. The first kappa shape index (κ1) is 14.4. The van der Waals surface area contributed by atoms with Crippen LogP contribution in [0.5, 0.6) is 5.88 Å². The Kier molecular flexibility index (Phi) is 4.53. The average Bonchev–Trinajstić information content (AvgIpc) is 2.38. The lowest BCUT2D eigenvalue weighted by molar-refractivity contribution is 0.0727. The van der Waals surface area contributed by atoms with Crippen LogP contribution in [0.2, 0.25) is 20.1 Å². The van der Waals surface area contributed by atoms with Gasteiger partial charge in [-0.2, -0.15) is 0 Å². The van der Waals surface area contributed by atoms with Crippen LogP contribution in [0.1, 0.15) is 10.4 Å². The number of ether oxygens (including phenoxy) is 1. The van der Waals surface area contributed by atoms with Crippen LogP contribution in [0.25, 0.3) is 0 Å². The fraction of sp³-hybridized carbons (Fsp3) is 0. The summed E-state index contributed by atoms with van der Waals surface area (Å²) in [5.74, 6) is -0.597. The van der Waals surface area contributed by atoms with E-state index in [2.05, 4.69) is 11.1 Å². The molecule has 0 aliphatic heterocycles. The van der Waals surface area contributed by atoms with Gasteiger partial charge in [0.25, 0.3) is 0 Å². The van der Waals surface area contributed by atoms with E-state index in [1.165, 1.54) is 24.4 Å². The van der Waals surface area contributed by atoms with Gasteiger partial charge in [0.05, 0.1) is 31.9 Å². The third kappa shape index (κ3) is 3.51. The van der Waals surface area contributed by atoms with Crippen LogP contribution in [0.15, 0.2) is 24.4 Å². The van der Waals surface area contributed by atoms with Gasteiger partial charge in [0.2, 0.25) is 5.88 Å². The molecule has 0 aliphatic rings. The highest BCUT2D eigenvalue weighted by Gasteiger charge is 2.14. The van der Waals surface area contributed by atoms with Crippen molar-refractivity contribution in [1.29, 1.82) is 0 Å². The van der Waals surface area contributed by atoms with Crippen LogP contribution in [-0.2, 0) is 0 Å². The molecule has 0 saturated heterocycles. The summed E-state index contributed by atoms with van der Waals surface area (Å²) in [6, 6.07) is 6.71. The molecule has 1 aromatic carbocycles. The Morgan fingerprint density at radius 1 is 1.16 bits per heavy atom. The molecule has 2 aromatic rings. The van der Waals surface area contributed by atoms with Crippen LogP contribution < -0.4 is 4.74 Å². The van der Waals surface area contributed by atoms with Crippen molar-refractivity contribution in [3.8, 4) is 5.88 Å². The van der Waals surface area contributed by atoms with Gasteiger partial charge in [-0.05, 0) is 12.1 Å². The quantitative estimate of drug-likeness (QED) is 0.589. The number of halogens is 4. The van der Waals surface area contributed by atoms with E-state index >= 15 is 0 Å². The van der Waals surface area contributed by atoms with Crippen molar-refractivity contribution in [3.05, 3.63) is 56.1 Å². The highest BCUT2D eigenvalue weighted by atomic mass is 35.5. The minimum absolute atomic E-state index is 0.0663. The molecule has 0 amide bonds. The average molecular weight is 336 g/mol. The molecule has 3 nitrogen and oxygen atoms in total. The van der Waals surface area contributed by atoms with Gasteiger partial charge in [-0.3, -0.25) is 0 Å². The monoisotopic (exact) mass is 334 g/mol. The van der Waals surface area contributed by atoms with E-state index in [9.17, 15) is 4.79 Å². The second-order valence-electron chi connectivity index (χ2n) is 3.38. The van der Waals surface area contributed by atoms with Crippen molar-refractivity contribution >= 4 is 52.4 Å². The molecule has 0 spiro atoms. The van der Waals surface area contributed by atoms with Gasteiger partial charge in [-0.25, -0.2) is 9.78 Å². The van der Waals surface area contributed by atoms with Gasteiger partial charge < -0.3 is 4.74 Å². The first-order valence-electron chi connectivity index (χ1n) is 4.87. The standard InChI is InChI=1S/C12H4Cl4NO2/c13-7-1-2-10(17-5-7)19-12(18)6-3-8(14)11(16)9(15)4-6/h2-5H. The normalized spacial score (nSPS) is 10.3. The largest absolute Gasteiger partial charge is 0.404 e. The molecule has 7 heteroatoms. The van der Waals surface area contributed by atoms with Crippen molar-refractivity contribution in [1.82, 2.24) is 4.98 Å². The zero-order valence-electron chi connectivity index (χ0n) is 9.08. The fourth-order valence-corrected chi connectivity index (χ4v) is 1.91. The molecule has 0 saturated carbocycles. The Labute approximate surface area is 129 Å². The first-order chi connectivity index (χ1) is 8.97. The summed E-state index contributed by atoms with van der Waals surface area (Å²) in [5.41, 5.74) is 0.163. The number of pyridine rings is 1. The number of esters is 1. The van der Waals surface area contributed by atoms with Gasteiger partial charge in [-0.15, -0.1) is 0 Å². The molecule has 1 heterocycles. The van der Waals surface area contributed by atoms with Crippen LogP contribution in [0.3, 0.4) is 0 Å². The van der Waals surface area contributed by atoms with E-state index in [0.717, 1.165) is 0 Å². The molecule has 0 unspecified atom stereocenters. The number of aromatic nitrogens is 1. The van der Waals surface area contributed by atoms with Crippen LogP contribution in [0.4, 0.5) is 0 Å². The lowest BCUT2D eigenvalue weighted by Gasteiger charge is -2.05. The van der Waals surface area contributed by atoms with Crippen molar-refractivity contribution < 1.29 is 9.53 Å². The van der Waals surface area contributed by atoms with Crippen LogP contribution in [-0.4, -0.2) is 11.0 Å². The first-order valence-corrected chi connectivity index (χ1v) is 6.38. The van der Waals surface area contributed by atoms with E-state index in [0.29, 0.717) is 5.02 Å². The van der Waals surface area contributed by atoms with Gasteiger partial charge in [0.15, 0.2) is 0 Å². The fourth-order valence-electron chi connectivity index (χ4n) is 1.21. The van der Waals surface area contributed by atoms with Crippen LogP contribution in [0, 0.1) is 6.07 Å². The molecule has 0 bridgehead atoms. The maximum absolute atomic E-state index is 11.8. The maximum atomic E-state index is 11.8. The Balaban J connectivity index is 2.23. The van der Waals surface area contributed by atoms with E-state index in [1.54, 1.807) is 0 Å². The Morgan fingerprint density at radius 2 is 1.79 bits per heavy atom. The third-order valence-corrected chi connectivity index (χ3v) is 3.46. The molecule has 19 heavy (non-hydrogen) atoms. The highest BCUT2D eigenvalue weighted by Crippen LogP contribution is 2.31. The molecule has 1 aromatic heterocycles. The zero-order chi connectivity index (χ0) is 14.0. The number of rotatable bonds is 2. The minimum Gasteiger partial charge on any atom is -0.404 e. The van der Waals surface area contributed by atoms with E-state index in [4.69, 9.17) is 51.1 Å². The molecular weight excluding hydrogens is 332 g/mol. The van der Waals surface area contributed by atoms with E-state index in [1.807, 2.05) is 0 Å². The minimum atomic E-state index is -0.663. The summed E-state index contributed by atoms with van der Waals surface area (Å²) in [4.78, 5) is 15.7. The summed E-state index contributed by atoms with van der Waals surface area (Å²) in [6.07, 6.45) is 1.31. The zero-order valence-corrected chi connectivity index (χ0v) is 12.1. The van der Waals surface area contributed by atoms with E-state index < -0.39 is 5.97 Å². The van der Waals surface area contributed by atoms with Crippen molar-refractivity contribution in [3.63, 3.8) is 0 Å². The number of hydrogen-bond donors (Lipinski definition) is 0. The number of nitrogens with zero attached hydrogens (tertiary/aromatic N) is 1. The predicted octanol–water partition coefficient (Wildman–Crippen LogP) is 4.71. The second-order valence-corrected chi connectivity index (χ2v) is 4.98. The Bertz CT molecular complexity index is 605. The number of benzene rings is 1. The Morgan fingerprint density at radius 3 is 2.32 bits per heavy atom. The van der Waals surface area contributed by atoms with Crippen molar-refractivity contribution in [2.75, 3.05) is 0 Å². The highest BCUT2D eigenvalue weighted by molar-refractivity contribution is 6.48. The smallest absolute Gasteiger partial charge is 0.344 e. The van der Waals surface area contributed by atoms with E-state index in [-0.39, 0.29) is 26.5 Å². The number of hydrogen-bond acceptors (Lipinski definition) is 3. The molecule has 97 valence electrons. The third-order valence-electron chi connectivity index (χ3n) is 2.06. The summed E-state index contributed by atoms with van der Waals surface area (Å²) in [7, 11) is 0. The van der Waals surface area contributed by atoms with Gasteiger partial charge >= 0.3 is 5.97 Å². The van der Waals surface area contributed by atoms with Gasteiger partial charge in [0, 0.05) is 12.1 Å². The Hall–Kier alpha value is -1.000. The maximum Gasteiger partial charge on any atom is 0.344 e. The SMILES string of the molecule is O=C(Oc1c[c]c(Cl)cn1)c1cc(Cl)c(Cl)c(Cl)c1. The predicted molar refractivity (Wildman–Crippen MR) is 74.5 cm³/mol. The lowest BCUT2D eigenvalue weighted by Crippen LogP contribution is -2.09. The van der Waals surface area contributed by atoms with Gasteiger partial charge in [-0.1, -0.05) is 46.4 Å². The number of carbonyl (C=O) groups excluding carboxylic acids is 1. The number of carbonyl (C=O) groups is 1. The molecular formula is C12H4Cl4NO2. The molecule has 0 N–H and O–H groups in total. The van der Waals surface area contributed by atoms with Gasteiger partial charge in [0.1, 0.15) is 0 Å². The summed E-state index contributed by atoms with van der Waals surface area (Å²) in [6.45, 7) is 0.